The summed E-state index contributed by atoms with van der Waals surface area (Å²) in [7, 11) is 2.12. The average Bonchev–Trinajstić information content (AvgIpc) is 2.90. The summed E-state index contributed by atoms with van der Waals surface area (Å²) in [5.74, 6) is 1.40. The normalized spacial score (nSPS) is 29.8. The summed E-state index contributed by atoms with van der Waals surface area (Å²) in [4.78, 5) is 1.63. The number of hydrogen-bond acceptors (Lipinski definition) is 3. The Labute approximate surface area is 114 Å². The van der Waals surface area contributed by atoms with Gasteiger partial charge in [0.25, 0.3) is 0 Å². The molecule has 0 spiro atoms. The van der Waals surface area contributed by atoms with Gasteiger partial charge in [-0.1, -0.05) is 0 Å². The molecule has 0 radical (unpaired) electrons. The molecule has 1 aromatic heterocycles. The van der Waals surface area contributed by atoms with Crippen LogP contribution in [-0.4, -0.2) is 26.3 Å². The van der Waals surface area contributed by atoms with Gasteiger partial charge in [-0.3, -0.25) is 0 Å². The van der Waals surface area contributed by atoms with E-state index in [0.717, 1.165) is 13.2 Å². The predicted molar refractivity (Wildman–Crippen MR) is 76.4 cm³/mol. The van der Waals surface area contributed by atoms with E-state index < -0.39 is 0 Å². The first-order chi connectivity index (χ1) is 8.90. The number of aryl methyl sites for hydroxylation is 1. The lowest BCUT2D eigenvalue weighted by atomic mass is 9.76. The lowest BCUT2D eigenvalue weighted by Crippen LogP contribution is -2.43. The van der Waals surface area contributed by atoms with Gasteiger partial charge in [0.1, 0.15) is 0 Å². The van der Waals surface area contributed by atoms with Crippen molar-refractivity contribution in [3.05, 3.63) is 21.9 Å². The Bertz CT molecular complexity index is 384. The summed E-state index contributed by atoms with van der Waals surface area (Å²) in [5, 5.41) is 5.87. The molecule has 0 amide bonds. The van der Waals surface area contributed by atoms with Crippen molar-refractivity contribution in [2.45, 2.75) is 44.1 Å². The summed E-state index contributed by atoms with van der Waals surface area (Å²) in [6.07, 6.45) is 6.53. The van der Waals surface area contributed by atoms with Crippen LogP contribution in [0.5, 0.6) is 0 Å². The fourth-order valence-electron chi connectivity index (χ4n) is 3.71. The molecular weight excluding hydrogens is 242 g/mol. The molecule has 1 aliphatic carbocycles. The van der Waals surface area contributed by atoms with Crippen molar-refractivity contribution in [3.63, 3.8) is 0 Å². The molecule has 3 atom stereocenters. The smallest absolute Gasteiger partial charge is 0.0509 e. The summed E-state index contributed by atoms with van der Waals surface area (Å²) >= 11 is 1.94. The van der Waals surface area contributed by atoms with Gasteiger partial charge in [-0.15, -0.1) is 11.3 Å². The Morgan fingerprint density at radius 3 is 3.11 bits per heavy atom. The summed E-state index contributed by atoms with van der Waals surface area (Å²) < 4.78 is 5.69. The second-order valence-electron chi connectivity index (χ2n) is 5.59. The number of rotatable bonds is 3. The fraction of sp³-hybridized carbons (Fsp3) is 0.733. The van der Waals surface area contributed by atoms with Crippen LogP contribution < -0.4 is 5.32 Å². The van der Waals surface area contributed by atoms with Gasteiger partial charge < -0.3 is 10.1 Å². The minimum Gasteiger partial charge on any atom is -0.381 e. The van der Waals surface area contributed by atoms with Gasteiger partial charge >= 0.3 is 0 Å². The molecule has 1 aromatic rings. The zero-order valence-corrected chi connectivity index (χ0v) is 12.0. The summed E-state index contributed by atoms with van der Waals surface area (Å²) in [6.45, 7) is 1.91. The number of likely N-dealkylation sites (N-methyl/N-ethyl adjacent to an activating group) is 1. The third kappa shape index (κ3) is 2.36. The minimum atomic E-state index is 0.596. The Hall–Kier alpha value is -0.380. The van der Waals surface area contributed by atoms with Crippen LogP contribution in [0.3, 0.4) is 0 Å². The molecular formula is C15H23NOS. The number of ether oxygens (including phenoxy) is 1. The molecule has 3 heteroatoms. The van der Waals surface area contributed by atoms with Gasteiger partial charge in [-0.25, -0.2) is 0 Å². The van der Waals surface area contributed by atoms with Crippen molar-refractivity contribution in [2.75, 3.05) is 20.3 Å². The number of nitrogens with one attached hydrogen (secondary N) is 1. The Kier molecular flexibility index (Phi) is 4.02. The minimum absolute atomic E-state index is 0.596. The SMILES string of the molecule is CNC(C1CCCOC1)C1CCCc2sccc21. The molecule has 2 aliphatic rings. The highest BCUT2D eigenvalue weighted by Gasteiger charge is 2.33. The average molecular weight is 265 g/mol. The van der Waals surface area contributed by atoms with E-state index in [1.807, 2.05) is 11.3 Å². The molecule has 1 fully saturated rings. The predicted octanol–water partition coefficient (Wildman–Crippen LogP) is 3.18. The van der Waals surface area contributed by atoms with Crippen molar-refractivity contribution in [2.24, 2.45) is 5.92 Å². The van der Waals surface area contributed by atoms with Crippen LogP contribution in [0.15, 0.2) is 11.4 Å². The van der Waals surface area contributed by atoms with E-state index in [9.17, 15) is 0 Å². The molecule has 1 N–H and O–H groups in total. The van der Waals surface area contributed by atoms with E-state index in [-0.39, 0.29) is 0 Å². The molecule has 3 rings (SSSR count). The molecule has 0 saturated carbocycles. The van der Waals surface area contributed by atoms with E-state index >= 15 is 0 Å². The lowest BCUT2D eigenvalue weighted by Gasteiger charge is -2.37. The van der Waals surface area contributed by atoms with E-state index in [0.29, 0.717) is 17.9 Å². The van der Waals surface area contributed by atoms with Crippen molar-refractivity contribution in [3.8, 4) is 0 Å². The maximum atomic E-state index is 5.69. The van der Waals surface area contributed by atoms with Gasteiger partial charge in [0.05, 0.1) is 6.61 Å². The monoisotopic (exact) mass is 265 g/mol. The van der Waals surface area contributed by atoms with Gasteiger partial charge in [0.15, 0.2) is 0 Å². The maximum Gasteiger partial charge on any atom is 0.0509 e. The molecule has 1 saturated heterocycles. The van der Waals surface area contributed by atoms with E-state index in [2.05, 4.69) is 23.8 Å². The van der Waals surface area contributed by atoms with Crippen LogP contribution in [0.2, 0.25) is 0 Å². The molecule has 100 valence electrons. The van der Waals surface area contributed by atoms with Crippen molar-refractivity contribution >= 4 is 11.3 Å². The van der Waals surface area contributed by atoms with E-state index in [1.165, 1.54) is 32.1 Å². The van der Waals surface area contributed by atoms with Crippen LogP contribution >= 0.6 is 11.3 Å². The highest BCUT2D eigenvalue weighted by atomic mass is 32.1. The molecule has 0 bridgehead atoms. The molecule has 1 aliphatic heterocycles. The van der Waals surface area contributed by atoms with Crippen molar-refractivity contribution in [1.82, 2.24) is 5.32 Å². The molecule has 18 heavy (non-hydrogen) atoms. The Morgan fingerprint density at radius 2 is 2.33 bits per heavy atom. The second-order valence-corrected chi connectivity index (χ2v) is 6.59. The largest absolute Gasteiger partial charge is 0.381 e. The maximum absolute atomic E-state index is 5.69. The first-order valence-electron chi connectivity index (χ1n) is 7.21. The summed E-state index contributed by atoms with van der Waals surface area (Å²) in [6, 6.07) is 2.96. The third-order valence-electron chi connectivity index (χ3n) is 4.57. The molecule has 2 nitrogen and oxygen atoms in total. The summed E-state index contributed by atoms with van der Waals surface area (Å²) in [5.41, 5.74) is 1.62. The van der Waals surface area contributed by atoms with E-state index in [1.54, 1.807) is 10.4 Å². The zero-order valence-electron chi connectivity index (χ0n) is 11.2. The first-order valence-corrected chi connectivity index (χ1v) is 8.09. The van der Waals surface area contributed by atoms with Crippen molar-refractivity contribution in [1.29, 1.82) is 0 Å². The van der Waals surface area contributed by atoms with Gasteiger partial charge in [-0.2, -0.15) is 0 Å². The Morgan fingerprint density at radius 1 is 1.39 bits per heavy atom. The third-order valence-corrected chi connectivity index (χ3v) is 5.57. The number of thiophene rings is 1. The van der Waals surface area contributed by atoms with E-state index in [4.69, 9.17) is 4.74 Å². The zero-order chi connectivity index (χ0) is 12.4. The topological polar surface area (TPSA) is 21.3 Å². The van der Waals surface area contributed by atoms with Gasteiger partial charge in [-0.05, 0) is 62.1 Å². The molecule has 2 heterocycles. The molecule has 3 unspecified atom stereocenters. The van der Waals surface area contributed by atoms with Crippen LogP contribution in [0, 0.1) is 5.92 Å². The van der Waals surface area contributed by atoms with Crippen LogP contribution in [0.1, 0.15) is 42.0 Å². The van der Waals surface area contributed by atoms with Gasteiger partial charge in [0, 0.05) is 23.4 Å². The second kappa shape index (κ2) is 5.72. The van der Waals surface area contributed by atoms with Crippen LogP contribution in [0.4, 0.5) is 0 Å². The van der Waals surface area contributed by atoms with Crippen LogP contribution in [0.25, 0.3) is 0 Å². The quantitative estimate of drug-likeness (QED) is 0.906. The van der Waals surface area contributed by atoms with Gasteiger partial charge in [0.2, 0.25) is 0 Å². The molecule has 0 aromatic carbocycles. The Balaban J connectivity index is 1.80. The fourth-order valence-corrected chi connectivity index (χ4v) is 4.71. The first kappa shape index (κ1) is 12.6. The number of fused-ring (bicyclic) bond motifs is 1. The number of hydrogen-bond donors (Lipinski definition) is 1. The van der Waals surface area contributed by atoms with Crippen molar-refractivity contribution < 1.29 is 4.74 Å². The lowest BCUT2D eigenvalue weighted by molar-refractivity contribution is 0.0350. The van der Waals surface area contributed by atoms with Crippen LogP contribution in [-0.2, 0) is 11.2 Å². The highest BCUT2D eigenvalue weighted by molar-refractivity contribution is 7.10. The standard InChI is InChI=1S/C15H23NOS/c1-16-15(11-4-3-8-17-10-11)13-5-2-6-14-12(13)7-9-18-14/h7,9,11,13,15-16H,2-6,8,10H2,1H3. The highest BCUT2D eigenvalue weighted by Crippen LogP contribution is 2.40.